The van der Waals surface area contributed by atoms with Crippen LogP contribution in [-0.2, 0) is 4.74 Å². The van der Waals surface area contributed by atoms with E-state index in [1.165, 1.54) is 0 Å². The Labute approximate surface area is 180 Å². The third-order valence-corrected chi connectivity index (χ3v) is 5.34. The van der Waals surface area contributed by atoms with E-state index in [-0.39, 0.29) is 11.5 Å². The van der Waals surface area contributed by atoms with Crippen LogP contribution in [0.2, 0.25) is 0 Å². The standard InChI is InChI=1S/C24H24N4O3/c1-3-17(13-22(29)16(2)28-8-10-31-11-9-28)19-12-20-21(15-27-24(20)26-14-19)23(30)18-4-6-25-7-5-18/h3-7,12-15,29H,2,8-11H2,1H3,(H,26,27)/b17-3+,22-13+. The number of aromatic nitrogens is 3. The van der Waals surface area contributed by atoms with Crippen molar-refractivity contribution in [3.63, 3.8) is 0 Å². The Balaban J connectivity index is 1.65. The number of fused-ring (bicyclic) bond motifs is 1. The normalized spacial score (nSPS) is 15.3. The van der Waals surface area contributed by atoms with Crippen LogP contribution < -0.4 is 0 Å². The lowest BCUT2D eigenvalue weighted by Gasteiger charge is -2.30. The van der Waals surface area contributed by atoms with E-state index in [0.29, 0.717) is 48.8 Å². The van der Waals surface area contributed by atoms with Gasteiger partial charge in [0.15, 0.2) is 5.78 Å². The van der Waals surface area contributed by atoms with Crippen molar-refractivity contribution >= 4 is 22.4 Å². The van der Waals surface area contributed by atoms with Gasteiger partial charge in [0.25, 0.3) is 0 Å². The summed E-state index contributed by atoms with van der Waals surface area (Å²) >= 11 is 0. The Hall–Kier alpha value is -3.71. The smallest absolute Gasteiger partial charge is 0.195 e. The second kappa shape index (κ2) is 8.97. The minimum atomic E-state index is -0.103. The average Bonchev–Trinajstić information content (AvgIpc) is 3.25. The minimum absolute atomic E-state index is 0.0947. The number of carbonyl (C=O) groups excluding carboxylic acids is 1. The number of allylic oxidation sites excluding steroid dienone is 3. The lowest BCUT2D eigenvalue weighted by molar-refractivity contribution is 0.0525. The van der Waals surface area contributed by atoms with Gasteiger partial charge in [-0.2, -0.15) is 0 Å². The first-order valence-electron chi connectivity index (χ1n) is 10.1. The summed E-state index contributed by atoms with van der Waals surface area (Å²) in [4.78, 5) is 26.4. The number of carbonyl (C=O) groups is 1. The molecule has 31 heavy (non-hydrogen) atoms. The molecule has 1 aliphatic heterocycles. The highest BCUT2D eigenvalue weighted by Gasteiger charge is 2.17. The molecule has 158 valence electrons. The number of ether oxygens (including phenoxy) is 1. The van der Waals surface area contributed by atoms with Crippen LogP contribution in [0.1, 0.15) is 28.4 Å². The summed E-state index contributed by atoms with van der Waals surface area (Å²) in [5.74, 6) is -0.00837. The van der Waals surface area contributed by atoms with Crippen LogP contribution >= 0.6 is 0 Å². The quantitative estimate of drug-likeness (QED) is 0.360. The highest BCUT2D eigenvalue weighted by Crippen LogP contribution is 2.26. The van der Waals surface area contributed by atoms with E-state index in [1.54, 1.807) is 43.0 Å². The molecule has 0 aromatic carbocycles. The van der Waals surface area contributed by atoms with Crippen molar-refractivity contribution in [1.82, 2.24) is 19.9 Å². The van der Waals surface area contributed by atoms with E-state index in [4.69, 9.17) is 4.74 Å². The number of aromatic amines is 1. The van der Waals surface area contributed by atoms with E-state index in [9.17, 15) is 9.90 Å². The van der Waals surface area contributed by atoms with Gasteiger partial charge in [-0.05, 0) is 36.8 Å². The van der Waals surface area contributed by atoms with Gasteiger partial charge in [-0.1, -0.05) is 12.7 Å². The SMILES string of the molecule is C=C(/C(O)=C\C(=C/C)c1cnc2[nH]cc(C(=O)c3ccncc3)c2c1)N1CCOCC1. The van der Waals surface area contributed by atoms with E-state index in [2.05, 4.69) is 21.5 Å². The van der Waals surface area contributed by atoms with Crippen LogP contribution in [-0.4, -0.2) is 57.0 Å². The van der Waals surface area contributed by atoms with Gasteiger partial charge < -0.3 is 19.7 Å². The molecule has 1 fully saturated rings. The largest absolute Gasteiger partial charge is 0.506 e. The first-order valence-corrected chi connectivity index (χ1v) is 10.1. The molecule has 1 aliphatic rings. The molecular formula is C24H24N4O3. The van der Waals surface area contributed by atoms with Gasteiger partial charge in [0.2, 0.25) is 0 Å². The highest BCUT2D eigenvalue weighted by atomic mass is 16.5. The summed E-state index contributed by atoms with van der Waals surface area (Å²) in [5, 5.41) is 11.4. The fraction of sp³-hybridized carbons (Fsp3) is 0.208. The zero-order valence-corrected chi connectivity index (χ0v) is 17.3. The lowest BCUT2D eigenvalue weighted by Crippen LogP contribution is -2.35. The molecule has 4 rings (SSSR count). The molecule has 3 aromatic rings. The lowest BCUT2D eigenvalue weighted by atomic mass is 10.0. The fourth-order valence-electron chi connectivity index (χ4n) is 3.57. The first kappa shape index (κ1) is 20.6. The molecule has 0 spiro atoms. The molecule has 0 amide bonds. The van der Waals surface area contributed by atoms with Crippen molar-refractivity contribution in [2.75, 3.05) is 26.3 Å². The zero-order chi connectivity index (χ0) is 21.8. The van der Waals surface area contributed by atoms with Gasteiger partial charge in [-0.25, -0.2) is 4.98 Å². The van der Waals surface area contributed by atoms with Crippen molar-refractivity contribution in [3.05, 3.63) is 89.9 Å². The van der Waals surface area contributed by atoms with Crippen molar-refractivity contribution in [1.29, 1.82) is 0 Å². The van der Waals surface area contributed by atoms with E-state index >= 15 is 0 Å². The molecular weight excluding hydrogens is 392 g/mol. The molecule has 7 nitrogen and oxygen atoms in total. The van der Waals surface area contributed by atoms with Gasteiger partial charge >= 0.3 is 0 Å². The van der Waals surface area contributed by atoms with E-state index in [1.807, 2.05) is 24.0 Å². The summed E-state index contributed by atoms with van der Waals surface area (Å²) in [5.41, 5.74) is 3.86. The van der Waals surface area contributed by atoms with Crippen LogP contribution in [0.4, 0.5) is 0 Å². The Morgan fingerprint density at radius 3 is 2.71 bits per heavy atom. The number of aliphatic hydroxyl groups excluding tert-OH is 1. The number of nitrogens with one attached hydrogen (secondary N) is 1. The van der Waals surface area contributed by atoms with Gasteiger partial charge in [0, 0.05) is 60.0 Å². The van der Waals surface area contributed by atoms with Crippen molar-refractivity contribution in [3.8, 4) is 0 Å². The van der Waals surface area contributed by atoms with E-state index in [0.717, 1.165) is 16.5 Å². The number of nitrogens with zero attached hydrogens (tertiary/aromatic N) is 3. The second-order valence-electron chi connectivity index (χ2n) is 7.21. The van der Waals surface area contributed by atoms with E-state index < -0.39 is 0 Å². The molecule has 0 unspecified atom stereocenters. The Bertz CT molecular complexity index is 1170. The molecule has 7 heteroatoms. The number of H-pyrrole nitrogens is 1. The maximum absolute atomic E-state index is 12.9. The molecule has 0 aliphatic carbocycles. The molecule has 4 heterocycles. The summed E-state index contributed by atoms with van der Waals surface area (Å²) in [6, 6.07) is 5.28. The monoisotopic (exact) mass is 416 g/mol. The molecule has 3 aromatic heterocycles. The van der Waals surface area contributed by atoms with Gasteiger partial charge in [-0.15, -0.1) is 0 Å². The Morgan fingerprint density at radius 1 is 1.26 bits per heavy atom. The summed E-state index contributed by atoms with van der Waals surface area (Å²) in [6.07, 6.45) is 10.2. The predicted octanol–water partition coefficient (Wildman–Crippen LogP) is 3.88. The Morgan fingerprint density at radius 2 is 2.00 bits per heavy atom. The highest BCUT2D eigenvalue weighted by molar-refractivity contribution is 6.16. The van der Waals surface area contributed by atoms with Crippen molar-refractivity contribution in [2.24, 2.45) is 0 Å². The molecule has 0 atom stereocenters. The number of hydrogen-bond acceptors (Lipinski definition) is 6. The number of pyridine rings is 2. The first-order chi connectivity index (χ1) is 15.1. The predicted molar refractivity (Wildman–Crippen MR) is 120 cm³/mol. The van der Waals surface area contributed by atoms with Crippen molar-refractivity contribution in [2.45, 2.75) is 6.92 Å². The molecule has 2 N–H and O–H groups in total. The number of aliphatic hydroxyl groups is 1. The average molecular weight is 416 g/mol. The summed E-state index contributed by atoms with van der Waals surface area (Å²) < 4.78 is 5.36. The van der Waals surface area contributed by atoms with Gasteiger partial charge in [0.1, 0.15) is 11.4 Å². The molecule has 1 saturated heterocycles. The molecule has 0 saturated carbocycles. The second-order valence-corrected chi connectivity index (χ2v) is 7.21. The van der Waals surface area contributed by atoms with Crippen molar-refractivity contribution < 1.29 is 14.6 Å². The topological polar surface area (TPSA) is 91.3 Å². The van der Waals surface area contributed by atoms with Crippen LogP contribution in [0.5, 0.6) is 0 Å². The summed E-state index contributed by atoms with van der Waals surface area (Å²) in [7, 11) is 0. The number of ketones is 1. The number of hydrogen-bond donors (Lipinski definition) is 2. The number of rotatable bonds is 6. The van der Waals surface area contributed by atoms with Crippen LogP contribution in [0, 0.1) is 0 Å². The minimum Gasteiger partial charge on any atom is -0.506 e. The van der Waals surface area contributed by atoms with Crippen LogP contribution in [0.3, 0.4) is 0 Å². The maximum Gasteiger partial charge on any atom is 0.195 e. The Kier molecular flexibility index (Phi) is 5.95. The molecule has 0 bridgehead atoms. The van der Waals surface area contributed by atoms with Crippen LogP contribution in [0.25, 0.3) is 16.6 Å². The third-order valence-electron chi connectivity index (χ3n) is 5.34. The van der Waals surface area contributed by atoms with Crippen LogP contribution in [0.15, 0.2) is 73.2 Å². The third kappa shape index (κ3) is 4.27. The van der Waals surface area contributed by atoms with Gasteiger partial charge in [-0.3, -0.25) is 9.78 Å². The molecule has 0 radical (unpaired) electrons. The number of morpholine rings is 1. The van der Waals surface area contributed by atoms with Gasteiger partial charge in [0.05, 0.1) is 18.9 Å². The maximum atomic E-state index is 12.9. The zero-order valence-electron chi connectivity index (χ0n) is 17.3. The fourth-order valence-corrected chi connectivity index (χ4v) is 3.57. The summed E-state index contributed by atoms with van der Waals surface area (Å²) in [6.45, 7) is 8.54.